The Labute approximate surface area is 150 Å². The predicted molar refractivity (Wildman–Crippen MR) is 95.7 cm³/mol. The van der Waals surface area contributed by atoms with Crippen molar-refractivity contribution in [1.82, 2.24) is 9.80 Å². The summed E-state index contributed by atoms with van der Waals surface area (Å²) in [6, 6.07) is 9.92. The molecule has 1 atom stereocenters. The van der Waals surface area contributed by atoms with Gasteiger partial charge in [-0.2, -0.15) is 5.26 Å². The van der Waals surface area contributed by atoms with E-state index in [0.717, 1.165) is 32.7 Å². The summed E-state index contributed by atoms with van der Waals surface area (Å²) in [5.41, 5.74) is 1.79. The summed E-state index contributed by atoms with van der Waals surface area (Å²) >= 11 is 0. The molecule has 2 heterocycles. The molecule has 0 unspecified atom stereocenters. The lowest BCUT2D eigenvalue weighted by Gasteiger charge is -2.31. The highest BCUT2D eigenvalue weighted by Gasteiger charge is 2.45. The van der Waals surface area contributed by atoms with Crippen molar-refractivity contribution in [2.24, 2.45) is 11.3 Å². The van der Waals surface area contributed by atoms with E-state index in [9.17, 15) is 4.79 Å². The largest absolute Gasteiger partial charge is 0.379 e. The molecule has 25 heavy (non-hydrogen) atoms. The molecule has 1 amide bonds. The lowest BCUT2D eigenvalue weighted by atomic mass is 9.87. The number of hydrogen-bond acceptors (Lipinski definition) is 4. The second-order valence-corrected chi connectivity index (χ2v) is 7.92. The van der Waals surface area contributed by atoms with Crippen LogP contribution in [0.1, 0.15) is 31.4 Å². The van der Waals surface area contributed by atoms with Crippen LogP contribution in [0.4, 0.5) is 0 Å². The standard InChI is InChI=1S/C20H27N3O2/c1-16(2)11-23-14-20(9-19(23)24)13-22(7-8-25-15-20)12-18-5-3-17(10-21)4-6-18/h3-6,16H,7-9,11-15H2,1-2H3/t20-/m1/s1. The van der Waals surface area contributed by atoms with Crippen molar-refractivity contribution in [3.8, 4) is 6.07 Å². The first kappa shape index (κ1) is 17.9. The fraction of sp³-hybridized carbons (Fsp3) is 0.600. The molecule has 2 fully saturated rings. The molecule has 5 nitrogen and oxygen atoms in total. The van der Waals surface area contributed by atoms with E-state index in [1.807, 2.05) is 29.2 Å². The third kappa shape index (κ3) is 4.39. The molecule has 134 valence electrons. The van der Waals surface area contributed by atoms with Crippen LogP contribution in [0, 0.1) is 22.7 Å². The van der Waals surface area contributed by atoms with Crippen molar-refractivity contribution in [2.75, 3.05) is 39.4 Å². The van der Waals surface area contributed by atoms with Crippen LogP contribution in [0.5, 0.6) is 0 Å². The fourth-order valence-electron chi connectivity index (χ4n) is 3.95. The molecule has 0 radical (unpaired) electrons. The number of nitriles is 1. The monoisotopic (exact) mass is 341 g/mol. The summed E-state index contributed by atoms with van der Waals surface area (Å²) in [6.07, 6.45) is 0.587. The number of rotatable bonds is 4. The second kappa shape index (κ2) is 7.55. The molecule has 2 saturated heterocycles. The molecule has 0 bridgehead atoms. The maximum absolute atomic E-state index is 12.5. The van der Waals surface area contributed by atoms with Gasteiger partial charge < -0.3 is 9.64 Å². The van der Waals surface area contributed by atoms with Gasteiger partial charge in [-0.3, -0.25) is 9.69 Å². The quantitative estimate of drug-likeness (QED) is 0.843. The Morgan fingerprint density at radius 3 is 2.72 bits per heavy atom. The minimum Gasteiger partial charge on any atom is -0.379 e. The van der Waals surface area contributed by atoms with Crippen molar-refractivity contribution in [1.29, 1.82) is 5.26 Å². The fourth-order valence-corrected chi connectivity index (χ4v) is 3.95. The van der Waals surface area contributed by atoms with Gasteiger partial charge in [-0.25, -0.2) is 0 Å². The Morgan fingerprint density at radius 2 is 2.04 bits per heavy atom. The maximum atomic E-state index is 12.5. The first-order chi connectivity index (χ1) is 12.0. The molecule has 2 aliphatic rings. The normalized spacial score (nSPS) is 24.7. The minimum atomic E-state index is -0.0882. The van der Waals surface area contributed by atoms with E-state index in [1.165, 1.54) is 5.56 Å². The van der Waals surface area contributed by atoms with E-state index in [2.05, 4.69) is 24.8 Å². The molecule has 1 aromatic carbocycles. The van der Waals surface area contributed by atoms with Gasteiger partial charge >= 0.3 is 0 Å². The SMILES string of the molecule is CC(C)CN1C[C@@]2(COCCN(Cc3ccc(C#N)cc3)C2)CC1=O. The highest BCUT2D eigenvalue weighted by molar-refractivity contribution is 5.79. The van der Waals surface area contributed by atoms with E-state index in [4.69, 9.17) is 10.00 Å². The lowest BCUT2D eigenvalue weighted by molar-refractivity contribution is -0.128. The number of likely N-dealkylation sites (tertiary alicyclic amines) is 1. The Bertz CT molecular complexity index is 650. The summed E-state index contributed by atoms with van der Waals surface area (Å²) in [5, 5.41) is 8.92. The number of nitrogens with zero attached hydrogens (tertiary/aromatic N) is 3. The zero-order valence-corrected chi connectivity index (χ0v) is 15.2. The predicted octanol–water partition coefficient (Wildman–Crippen LogP) is 2.27. The number of carbonyl (C=O) groups excluding carboxylic acids is 1. The Morgan fingerprint density at radius 1 is 1.28 bits per heavy atom. The Hall–Kier alpha value is -1.90. The zero-order chi connectivity index (χ0) is 17.9. The van der Waals surface area contributed by atoms with E-state index >= 15 is 0 Å². The Balaban J connectivity index is 1.68. The topological polar surface area (TPSA) is 56.6 Å². The lowest BCUT2D eigenvalue weighted by Crippen LogP contribution is -2.41. The molecule has 3 rings (SSSR count). The van der Waals surface area contributed by atoms with Gasteiger partial charge in [-0.15, -0.1) is 0 Å². The van der Waals surface area contributed by atoms with Crippen LogP contribution in [0.2, 0.25) is 0 Å². The van der Waals surface area contributed by atoms with Crippen LogP contribution in [0.25, 0.3) is 0 Å². The average molecular weight is 341 g/mol. The van der Waals surface area contributed by atoms with Gasteiger partial charge in [-0.1, -0.05) is 26.0 Å². The highest BCUT2D eigenvalue weighted by Crippen LogP contribution is 2.35. The molecule has 0 saturated carbocycles. The van der Waals surface area contributed by atoms with Crippen molar-refractivity contribution in [3.05, 3.63) is 35.4 Å². The zero-order valence-electron chi connectivity index (χ0n) is 15.2. The van der Waals surface area contributed by atoms with E-state index in [1.54, 1.807) is 0 Å². The molecule has 1 aromatic rings. The van der Waals surface area contributed by atoms with Crippen molar-refractivity contribution in [2.45, 2.75) is 26.8 Å². The third-order valence-corrected chi connectivity index (χ3v) is 5.00. The van der Waals surface area contributed by atoms with Crippen LogP contribution in [0.15, 0.2) is 24.3 Å². The van der Waals surface area contributed by atoms with E-state index in [0.29, 0.717) is 31.1 Å². The highest BCUT2D eigenvalue weighted by atomic mass is 16.5. The van der Waals surface area contributed by atoms with Gasteiger partial charge in [0.05, 0.1) is 24.8 Å². The molecular weight excluding hydrogens is 314 g/mol. The molecule has 0 aliphatic carbocycles. The average Bonchev–Trinajstić information content (AvgIpc) is 2.74. The summed E-state index contributed by atoms with van der Waals surface area (Å²) < 4.78 is 5.87. The number of benzene rings is 1. The minimum absolute atomic E-state index is 0.0882. The van der Waals surface area contributed by atoms with Gasteiger partial charge in [0.1, 0.15) is 0 Å². The summed E-state index contributed by atoms with van der Waals surface area (Å²) in [5.74, 6) is 0.748. The smallest absolute Gasteiger partial charge is 0.223 e. The van der Waals surface area contributed by atoms with Gasteiger partial charge in [0.2, 0.25) is 5.91 Å². The van der Waals surface area contributed by atoms with Crippen LogP contribution in [0.3, 0.4) is 0 Å². The van der Waals surface area contributed by atoms with Gasteiger partial charge in [0.25, 0.3) is 0 Å². The molecule has 1 spiro atoms. The number of amides is 1. The number of hydrogen-bond donors (Lipinski definition) is 0. The van der Waals surface area contributed by atoms with Gasteiger partial charge in [0.15, 0.2) is 0 Å². The molecular formula is C20H27N3O2. The third-order valence-electron chi connectivity index (χ3n) is 5.00. The molecule has 0 N–H and O–H groups in total. The maximum Gasteiger partial charge on any atom is 0.223 e. The van der Waals surface area contributed by atoms with Crippen molar-refractivity contribution < 1.29 is 9.53 Å². The van der Waals surface area contributed by atoms with Crippen LogP contribution in [-0.2, 0) is 16.1 Å². The Kier molecular flexibility index (Phi) is 5.41. The summed E-state index contributed by atoms with van der Waals surface area (Å²) in [4.78, 5) is 16.9. The second-order valence-electron chi connectivity index (χ2n) is 7.92. The van der Waals surface area contributed by atoms with Crippen LogP contribution in [-0.4, -0.2) is 55.1 Å². The number of carbonyl (C=O) groups is 1. The van der Waals surface area contributed by atoms with Crippen LogP contribution >= 0.6 is 0 Å². The van der Waals surface area contributed by atoms with Gasteiger partial charge in [-0.05, 0) is 23.6 Å². The molecule has 5 heteroatoms. The van der Waals surface area contributed by atoms with Crippen LogP contribution < -0.4 is 0 Å². The van der Waals surface area contributed by atoms with Crippen molar-refractivity contribution in [3.63, 3.8) is 0 Å². The molecule has 0 aromatic heterocycles. The van der Waals surface area contributed by atoms with Crippen molar-refractivity contribution >= 4 is 5.91 Å². The number of ether oxygens (including phenoxy) is 1. The summed E-state index contributed by atoms with van der Waals surface area (Å²) in [7, 11) is 0. The van der Waals surface area contributed by atoms with Gasteiger partial charge in [0, 0.05) is 44.6 Å². The van der Waals surface area contributed by atoms with E-state index < -0.39 is 0 Å². The molecule has 2 aliphatic heterocycles. The summed E-state index contributed by atoms with van der Waals surface area (Å²) in [6.45, 7) is 9.89. The first-order valence-corrected chi connectivity index (χ1v) is 9.07. The van der Waals surface area contributed by atoms with E-state index in [-0.39, 0.29) is 11.3 Å². The first-order valence-electron chi connectivity index (χ1n) is 9.07.